The molecule has 0 radical (unpaired) electrons. The summed E-state index contributed by atoms with van der Waals surface area (Å²) in [6.07, 6.45) is 0.103. The standard InChI is InChI=1S/C14H15ClF2N2O/c1-8-13(15)12(19(3)18-8)7-14(2,20)9-4-10(16)6-11(17)5-9/h4-6,20H,7H2,1-3H3. The quantitative estimate of drug-likeness (QED) is 0.946. The fourth-order valence-electron chi connectivity index (χ4n) is 2.17. The number of halogens is 3. The van der Waals surface area contributed by atoms with Crippen molar-refractivity contribution in [2.75, 3.05) is 0 Å². The number of aliphatic hydroxyl groups is 1. The molecule has 0 aliphatic heterocycles. The first kappa shape index (κ1) is 14.9. The maximum absolute atomic E-state index is 13.3. The Bertz CT molecular complexity index is 633. The summed E-state index contributed by atoms with van der Waals surface area (Å²) >= 11 is 6.13. The zero-order chi connectivity index (χ0) is 15.1. The van der Waals surface area contributed by atoms with Gasteiger partial charge >= 0.3 is 0 Å². The van der Waals surface area contributed by atoms with Crippen LogP contribution in [-0.4, -0.2) is 14.9 Å². The summed E-state index contributed by atoms with van der Waals surface area (Å²) in [6.45, 7) is 3.24. The predicted molar refractivity (Wildman–Crippen MR) is 72.6 cm³/mol. The Kier molecular flexibility index (Phi) is 3.84. The summed E-state index contributed by atoms with van der Waals surface area (Å²) in [7, 11) is 1.70. The van der Waals surface area contributed by atoms with E-state index in [-0.39, 0.29) is 12.0 Å². The number of hydrogen-bond acceptors (Lipinski definition) is 2. The highest BCUT2D eigenvalue weighted by molar-refractivity contribution is 6.31. The van der Waals surface area contributed by atoms with E-state index in [1.807, 2.05) is 0 Å². The van der Waals surface area contributed by atoms with Crippen molar-refractivity contribution in [3.05, 3.63) is 51.8 Å². The first-order valence-electron chi connectivity index (χ1n) is 6.07. The van der Waals surface area contributed by atoms with Gasteiger partial charge in [0.2, 0.25) is 0 Å². The van der Waals surface area contributed by atoms with Gasteiger partial charge in [-0.1, -0.05) is 11.6 Å². The van der Waals surface area contributed by atoms with Crippen molar-refractivity contribution in [2.24, 2.45) is 7.05 Å². The van der Waals surface area contributed by atoms with Crippen LogP contribution in [0.25, 0.3) is 0 Å². The molecule has 1 aromatic heterocycles. The Balaban J connectivity index is 2.40. The van der Waals surface area contributed by atoms with Gasteiger partial charge in [-0.2, -0.15) is 5.10 Å². The second-order valence-corrected chi connectivity index (χ2v) is 5.46. The van der Waals surface area contributed by atoms with Gasteiger partial charge in [-0.25, -0.2) is 8.78 Å². The second kappa shape index (κ2) is 5.14. The fourth-order valence-corrected chi connectivity index (χ4v) is 2.39. The van der Waals surface area contributed by atoms with E-state index in [9.17, 15) is 13.9 Å². The molecule has 0 saturated heterocycles. The fraction of sp³-hybridized carbons (Fsp3) is 0.357. The molecule has 2 aromatic rings. The van der Waals surface area contributed by atoms with Crippen molar-refractivity contribution < 1.29 is 13.9 Å². The van der Waals surface area contributed by atoms with Crippen LogP contribution in [-0.2, 0) is 19.1 Å². The van der Waals surface area contributed by atoms with E-state index in [0.717, 1.165) is 18.2 Å². The maximum Gasteiger partial charge on any atom is 0.126 e. The molecule has 3 nitrogen and oxygen atoms in total. The molecule has 1 unspecified atom stereocenters. The monoisotopic (exact) mass is 300 g/mol. The number of rotatable bonds is 3. The summed E-state index contributed by atoms with van der Waals surface area (Å²) in [6, 6.07) is 2.99. The van der Waals surface area contributed by atoms with Gasteiger partial charge in [0.05, 0.1) is 22.0 Å². The third-order valence-corrected chi connectivity index (χ3v) is 3.75. The van der Waals surface area contributed by atoms with Gasteiger partial charge in [0, 0.05) is 19.5 Å². The highest BCUT2D eigenvalue weighted by Crippen LogP contribution is 2.30. The van der Waals surface area contributed by atoms with Crippen LogP contribution >= 0.6 is 11.6 Å². The van der Waals surface area contributed by atoms with E-state index >= 15 is 0 Å². The first-order valence-corrected chi connectivity index (χ1v) is 6.45. The van der Waals surface area contributed by atoms with Gasteiger partial charge in [0.15, 0.2) is 0 Å². The summed E-state index contributed by atoms with van der Waals surface area (Å²) in [4.78, 5) is 0. The van der Waals surface area contributed by atoms with Crippen LogP contribution in [0.2, 0.25) is 5.02 Å². The van der Waals surface area contributed by atoms with Crippen molar-refractivity contribution in [2.45, 2.75) is 25.9 Å². The molecule has 2 rings (SSSR count). The molecular weight excluding hydrogens is 286 g/mol. The van der Waals surface area contributed by atoms with E-state index in [0.29, 0.717) is 16.4 Å². The molecule has 0 saturated carbocycles. The van der Waals surface area contributed by atoms with E-state index in [2.05, 4.69) is 5.10 Å². The Labute approximate surface area is 120 Å². The van der Waals surface area contributed by atoms with Gasteiger partial charge in [-0.05, 0) is 31.5 Å². The first-order chi connectivity index (χ1) is 9.20. The van der Waals surface area contributed by atoms with Crippen LogP contribution < -0.4 is 0 Å². The number of aromatic nitrogens is 2. The summed E-state index contributed by atoms with van der Waals surface area (Å²) < 4.78 is 28.1. The van der Waals surface area contributed by atoms with Gasteiger partial charge in [-0.15, -0.1) is 0 Å². The molecule has 20 heavy (non-hydrogen) atoms. The zero-order valence-electron chi connectivity index (χ0n) is 11.4. The largest absolute Gasteiger partial charge is 0.385 e. The zero-order valence-corrected chi connectivity index (χ0v) is 12.2. The molecule has 1 aromatic carbocycles. The summed E-state index contributed by atoms with van der Waals surface area (Å²) in [5.74, 6) is -1.46. The van der Waals surface area contributed by atoms with Gasteiger partial charge in [0.1, 0.15) is 11.6 Å². The number of benzene rings is 1. The minimum absolute atomic E-state index is 0.103. The molecule has 6 heteroatoms. The third-order valence-electron chi connectivity index (χ3n) is 3.26. The van der Waals surface area contributed by atoms with Crippen molar-refractivity contribution in [1.29, 1.82) is 0 Å². The van der Waals surface area contributed by atoms with Crippen molar-refractivity contribution in [3.63, 3.8) is 0 Å². The molecule has 0 bridgehead atoms. The highest BCUT2D eigenvalue weighted by Gasteiger charge is 2.28. The van der Waals surface area contributed by atoms with Gasteiger partial charge < -0.3 is 5.11 Å². The number of aryl methyl sites for hydroxylation is 2. The van der Waals surface area contributed by atoms with Crippen LogP contribution in [0.4, 0.5) is 8.78 Å². The van der Waals surface area contributed by atoms with Crippen LogP contribution in [0.3, 0.4) is 0 Å². The Morgan fingerprint density at radius 2 is 1.85 bits per heavy atom. The van der Waals surface area contributed by atoms with Crippen molar-refractivity contribution in [1.82, 2.24) is 9.78 Å². The molecule has 0 amide bonds. The summed E-state index contributed by atoms with van der Waals surface area (Å²) in [5.41, 5.74) is -0.0403. The maximum atomic E-state index is 13.3. The smallest absolute Gasteiger partial charge is 0.126 e. The van der Waals surface area contributed by atoms with Crippen LogP contribution in [0, 0.1) is 18.6 Å². The van der Waals surface area contributed by atoms with Gasteiger partial charge in [0.25, 0.3) is 0 Å². The lowest BCUT2D eigenvalue weighted by atomic mass is 9.91. The molecule has 0 fully saturated rings. The average molecular weight is 301 g/mol. The van der Waals surface area contributed by atoms with E-state index in [1.165, 1.54) is 6.92 Å². The van der Waals surface area contributed by atoms with Crippen LogP contribution in [0.1, 0.15) is 23.9 Å². The van der Waals surface area contributed by atoms with Gasteiger partial charge in [-0.3, -0.25) is 4.68 Å². The topological polar surface area (TPSA) is 38.0 Å². The lowest BCUT2D eigenvalue weighted by Gasteiger charge is -2.24. The third kappa shape index (κ3) is 2.83. The molecule has 1 heterocycles. The van der Waals surface area contributed by atoms with E-state index in [1.54, 1.807) is 18.7 Å². The SMILES string of the molecule is Cc1nn(C)c(CC(C)(O)c2cc(F)cc(F)c2)c1Cl. The van der Waals surface area contributed by atoms with Crippen molar-refractivity contribution >= 4 is 11.6 Å². The number of nitrogens with zero attached hydrogens (tertiary/aromatic N) is 2. The minimum atomic E-state index is -1.45. The molecule has 1 atom stereocenters. The molecule has 108 valence electrons. The molecule has 0 aliphatic carbocycles. The Morgan fingerprint density at radius 3 is 2.30 bits per heavy atom. The molecule has 0 aliphatic rings. The minimum Gasteiger partial charge on any atom is -0.385 e. The molecule has 1 N–H and O–H groups in total. The predicted octanol–water partition coefficient (Wildman–Crippen LogP) is 3.11. The molecule has 0 spiro atoms. The lowest BCUT2D eigenvalue weighted by molar-refractivity contribution is 0.0549. The Hall–Kier alpha value is -1.46. The van der Waals surface area contributed by atoms with Crippen molar-refractivity contribution in [3.8, 4) is 0 Å². The average Bonchev–Trinajstić information content (AvgIpc) is 2.54. The van der Waals surface area contributed by atoms with E-state index < -0.39 is 17.2 Å². The van der Waals surface area contributed by atoms with Crippen LogP contribution in [0.5, 0.6) is 0 Å². The number of hydrogen-bond donors (Lipinski definition) is 1. The van der Waals surface area contributed by atoms with Crippen LogP contribution in [0.15, 0.2) is 18.2 Å². The van der Waals surface area contributed by atoms with E-state index in [4.69, 9.17) is 11.6 Å². The lowest BCUT2D eigenvalue weighted by Crippen LogP contribution is -2.26. The normalized spacial score (nSPS) is 14.3. The molecular formula is C14H15ClF2N2O. The summed E-state index contributed by atoms with van der Waals surface area (Å²) in [5, 5.41) is 15.1. The second-order valence-electron chi connectivity index (χ2n) is 5.08. The highest BCUT2D eigenvalue weighted by atomic mass is 35.5. The Morgan fingerprint density at radius 1 is 1.30 bits per heavy atom.